The molecule has 30 heavy (non-hydrogen) atoms. The second-order valence-electron chi connectivity index (χ2n) is 7.15. The Morgan fingerprint density at radius 1 is 1.17 bits per heavy atom. The number of hydrogen-bond donors (Lipinski definition) is 0. The quantitative estimate of drug-likeness (QED) is 0.616. The molecular weight excluding hydrogens is 416 g/mol. The lowest BCUT2D eigenvalue weighted by Gasteiger charge is -2.32. The molecule has 0 N–H and O–H groups in total. The maximum Gasteiger partial charge on any atom is 0.358 e. The lowest BCUT2D eigenvalue weighted by molar-refractivity contribution is 0.0517. The molecule has 0 amide bonds. The van der Waals surface area contributed by atoms with Crippen molar-refractivity contribution in [1.29, 1.82) is 0 Å². The zero-order valence-electron chi connectivity index (χ0n) is 17.0. The molecule has 1 fully saturated rings. The van der Waals surface area contributed by atoms with Crippen LogP contribution in [-0.4, -0.2) is 48.2 Å². The Bertz CT molecular complexity index is 1020. The van der Waals surface area contributed by atoms with E-state index in [1.165, 1.54) is 4.31 Å². The van der Waals surface area contributed by atoms with Gasteiger partial charge < -0.3 is 4.74 Å². The van der Waals surface area contributed by atoms with Gasteiger partial charge in [0, 0.05) is 18.8 Å². The average molecular weight is 442 g/mol. The Morgan fingerprint density at radius 3 is 2.47 bits per heavy atom. The molecule has 7 nitrogen and oxygen atoms in total. The molecule has 1 aromatic heterocycles. The zero-order valence-corrected chi connectivity index (χ0v) is 17.8. The molecule has 0 radical (unpaired) electrons. The Hall–Kier alpha value is -2.33. The van der Waals surface area contributed by atoms with Gasteiger partial charge in [-0.05, 0) is 50.5 Å². The van der Waals surface area contributed by atoms with Gasteiger partial charge in [-0.2, -0.15) is 9.40 Å². The van der Waals surface area contributed by atoms with Crippen molar-refractivity contribution < 1.29 is 26.7 Å². The van der Waals surface area contributed by atoms with E-state index >= 15 is 0 Å². The Labute approximate surface area is 174 Å². The van der Waals surface area contributed by atoms with Crippen LogP contribution >= 0.6 is 0 Å². The molecule has 1 aliphatic rings. The summed E-state index contributed by atoms with van der Waals surface area (Å²) in [6.07, 6.45) is 2.59. The number of ether oxygens (including phenoxy) is 1. The van der Waals surface area contributed by atoms with Crippen LogP contribution in [0.5, 0.6) is 0 Å². The van der Waals surface area contributed by atoms with E-state index in [1.54, 1.807) is 17.7 Å². The molecule has 10 heteroatoms. The first-order valence-corrected chi connectivity index (χ1v) is 11.4. The molecule has 0 saturated carbocycles. The number of hydrogen-bond acceptors (Lipinski definition) is 5. The molecule has 1 aromatic carbocycles. The minimum absolute atomic E-state index is 0.0638. The molecule has 2 aromatic rings. The normalized spacial score (nSPS) is 16.0. The van der Waals surface area contributed by atoms with Gasteiger partial charge in [0.05, 0.1) is 17.5 Å². The van der Waals surface area contributed by atoms with Gasteiger partial charge in [-0.1, -0.05) is 13.3 Å². The smallest absolute Gasteiger partial charge is 0.358 e. The lowest BCUT2D eigenvalue weighted by atomic mass is 10.1. The van der Waals surface area contributed by atoms with Gasteiger partial charge >= 0.3 is 5.97 Å². The van der Waals surface area contributed by atoms with E-state index in [9.17, 15) is 22.0 Å². The SMILES string of the molecule is CCCc1cc(C(=O)OCC)nn1C1CCN(S(=O)(=O)c2ccc(F)c(F)c2)CC1. The van der Waals surface area contributed by atoms with E-state index in [-0.39, 0.29) is 36.3 Å². The predicted molar refractivity (Wildman–Crippen MR) is 106 cm³/mol. The van der Waals surface area contributed by atoms with E-state index in [0.717, 1.165) is 30.7 Å². The molecule has 0 unspecified atom stereocenters. The second kappa shape index (κ2) is 9.22. The standard InChI is InChI=1S/C20H25F2N3O4S/c1-3-5-15-12-19(20(26)29-4-2)23-25(15)14-8-10-24(11-9-14)30(27,28)16-6-7-17(21)18(22)13-16/h6-7,12-14H,3-5,8-11H2,1-2H3. The number of esters is 1. The van der Waals surface area contributed by atoms with Gasteiger partial charge in [0.15, 0.2) is 17.3 Å². The summed E-state index contributed by atoms with van der Waals surface area (Å²) in [5.74, 6) is -2.77. The molecule has 0 atom stereocenters. The fourth-order valence-electron chi connectivity index (χ4n) is 3.61. The van der Waals surface area contributed by atoms with E-state index in [1.807, 2.05) is 6.92 Å². The van der Waals surface area contributed by atoms with Gasteiger partial charge in [-0.15, -0.1) is 0 Å². The molecule has 164 valence electrons. The summed E-state index contributed by atoms with van der Waals surface area (Å²) in [6.45, 7) is 4.44. The van der Waals surface area contributed by atoms with Crippen molar-refractivity contribution in [2.75, 3.05) is 19.7 Å². The highest BCUT2D eigenvalue weighted by Gasteiger charge is 2.32. The van der Waals surface area contributed by atoms with Gasteiger partial charge in [-0.25, -0.2) is 22.0 Å². The van der Waals surface area contributed by atoms with Crippen LogP contribution in [0, 0.1) is 11.6 Å². The topological polar surface area (TPSA) is 81.5 Å². The van der Waals surface area contributed by atoms with E-state index < -0.39 is 27.6 Å². The van der Waals surface area contributed by atoms with Crippen LogP contribution in [0.2, 0.25) is 0 Å². The Kier molecular flexibility index (Phi) is 6.87. The van der Waals surface area contributed by atoms with Crippen molar-refractivity contribution in [2.24, 2.45) is 0 Å². The van der Waals surface area contributed by atoms with Gasteiger partial charge in [0.1, 0.15) is 0 Å². The predicted octanol–water partition coefficient (Wildman–Crippen LogP) is 3.32. The molecule has 0 spiro atoms. The minimum atomic E-state index is -3.92. The van der Waals surface area contributed by atoms with Crippen molar-refractivity contribution in [3.8, 4) is 0 Å². The molecule has 0 bridgehead atoms. The number of rotatable bonds is 7. The molecule has 1 aliphatic heterocycles. The van der Waals surface area contributed by atoms with Crippen molar-refractivity contribution in [3.05, 3.63) is 47.3 Å². The Morgan fingerprint density at radius 2 is 1.87 bits per heavy atom. The first kappa shape index (κ1) is 22.4. The van der Waals surface area contributed by atoms with Crippen molar-refractivity contribution >= 4 is 16.0 Å². The number of sulfonamides is 1. The number of nitrogens with zero attached hydrogens (tertiary/aromatic N) is 3. The summed E-state index contributed by atoms with van der Waals surface area (Å²) in [4.78, 5) is 11.8. The van der Waals surface area contributed by atoms with Crippen LogP contribution in [-0.2, 0) is 21.2 Å². The maximum absolute atomic E-state index is 13.5. The van der Waals surface area contributed by atoms with E-state index in [4.69, 9.17) is 4.74 Å². The number of carbonyl (C=O) groups excluding carboxylic acids is 1. The summed E-state index contributed by atoms with van der Waals surface area (Å²) in [5.41, 5.74) is 1.15. The highest BCUT2D eigenvalue weighted by Crippen LogP contribution is 2.29. The maximum atomic E-state index is 13.5. The minimum Gasteiger partial charge on any atom is -0.461 e. The van der Waals surface area contributed by atoms with Crippen LogP contribution in [0.25, 0.3) is 0 Å². The lowest BCUT2D eigenvalue weighted by Crippen LogP contribution is -2.39. The van der Waals surface area contributed by atoms with E-state index in [2.05, 4.69) is 5.10 Å². The zero-order chi connectivity index (χ0) is 21.9. The summed E-state index contributed by atoms with van der Waals surface area (Å²) in [6, 6.07) is 4.25. The molecule has 2 heterocycles. The molecular formula is C20H25F2N3O4S. The largest absolute Gasteiger partial charge is 0.461 e. The van der Waals surface area contributed by atoms with Gasteiger partial charge in [0.2, 0.25) is 10.0 Å². The van der Waals surface area contributed by atoms with Gasteiger partial charge in [-0.3, -0.25) is 4.68 Å². The first-order valence-electron chi connectivity index (χ1n) is 9.98. The van der Waals surface area contributed by atoms with Crippen LogP contribution in [0.4, 0.5) is 8.78 Å². The van der Waals surface area contributed by atoms with Crippen LogP contribution in [0.3, 0.4) is 0 Å². The van der Waals surface area contributed by atoms with Crippen LogP contribution in [0.1, 0.15) is 55.3 Å². The number of aryl methyl sites for hydroxylation is 1. The summed E-state index contributed by atoms with van der Waals surface area (Å²) in [5, 5.41) is 4.42. The highest BCUT2D eigenvalue weighted by molar-refractivity contribution is 7.89. The second-order valence-corrected chi connectivity index (χ2v) is 9.09. The first-order chi connectivity index (χ1) is 14.3. The van der Waals surface area contributed by atoms with Crippen molar-refractivity contribution in [1.82, 2.24) is 14.1 Å². The summed E-state index contributed by atoms with van der Waals surface area (Å²) >= 11 is 0. The van der Waals surface area contributed by atoms with Crippen molar-refractivity contribution in [2.45, 2.75) is 50.5 Å². The molecule has 3 rings (SSSR count). The summed E-state index contributed by atoms with van der Waals surface area (Å²) < 4.78 is 60.3. The van der Waals surface area contributed by atoms with Crippen LogP contribution < -0.4 is 0 Å². The number of piperidine rings is 1. The fraction of sp³-hybridized carbons (Fsp3) is 0.500. The van der Waals surface area contributed by atoms with E-state index in [0.29, 0.717) is 18.9 Å². The number of benzene rings is 1. The molecule has 1 saturated heterocycles. The number of carbonyl (C=O) groups is 1. The Balaban J connectivity index is 1.76. The average Bonchev–Trinajstić information content (AvgIpc) is 3.14. The third-order valence-corrected chi connectivity index (χ3v) is 7.00. The monoisotopic (exact) mass is 441 g/mol. The van der Waals surface area contributed by atoms with Crippen molar-refractivity contribution in [3.63, 3.8) is 0 Å². The third-order valence-electron chi connectivity index (χ3n) is 5.10. The van der Waals surface area contributed by atoms with Crippen LogP contribution in [0.15, 0.2) is 29.2 Å². The number of halogens is 2. The fourth-order valence-corrected chi connectivity index (χ4v) is 5.09. The summed E-state index contributed by atoms with van der Waals surface area (Å²) in [7, 11) is -3.92. The van der Waals surface area contributed by atoms with Gasteiger partial charge in [0.25, 0.3) is 0 Å². The highest BCUT2D eigenvalue weighted by atomic mass is 32.2. The third kappa shape index (κ3) is 4.54. The molecule has 0 aliphatic carbocycles. The number of aromatic nitrogens is 2.